The molecule has 0 spiro atoms. The molecular formula is C12H10N2O4. The number of carboxylic acid groups (broad SMARTS) is 1. The minimum absolute atomic E-state index is 0.0518. The average Bonchev–Trinajstić information content (AvgIpc) is 2.76. The molecule has 0 saturated carbocycles. The van der Waals surface area contributed by atoms with E-state index in [4.69, 9.17) is 9.52 Å². The van der Waals surface area contributed by atoms with Crippen LogP contribution in [-0.4, -0.2) is 22.0 Å². The lowest BCUT2D eigenvalue weighted by Crippen LogP contribution is -2.12. The molecule has 6 nitrogen and oxygen atoms in total. The van der Waals surface area contributed by atoms with Crippen molar-refractivity contribution in [1.29, 1.82) is 0 Å². The van der Waals surface area contributed by atoms with Gasteiger partial charge in [-0.25, -0.2) is 9.78 Å². The molecule has 2 N–H and O–H groups in total. The molecule has 0 atom stereocenters. The maximum absolute atomic E-state index is 11.7. The predicted molar refractivity (Wildman–Crippen MR) is 62.6 cm³/mol. The summed E-state index contributed by atoms with van der Waals surface area (Å²) in [6, 6.07) is 5.81. The maximum Gasteiger partial charge on any atom is 0.335 e. The van der Waals surface area contributed by atoms with Gasteiger partial charge < -0.3 is 14.8 Å². The van der Waals surface area contributed by atoms with Crippen LogP contribution in [0.3, 0.4) is 0 Å². The van der Waals surface area contributed by atoms with Crippen molar-refractivity contribution in [1.82, 2.24) is 4.98 Å². The normalized spacial score (nSPS) is 10.1. The zero-order valence-electron chi connectivity index (χ0n) is 9.51. The second-order valence-electron chi connectivity index (χ2n) is 3.60. The van der Waals surface area contributed by atoms with Crippen molar-refractivity contribution >= 4 is 17.7 Å². The van der Waals surface area contributed by atoms with Gasteiger partial charge in [0.2, 0.25) is 0 Å². The van der Waals surface area contributed by atoms with E-state index in [1.54, 1.807) is 13.0 Å². The van der Waals surface area contributed by atoms with E-state index in [9.17, 15) is 9.59 Å². The van der Waals surface area contributed by atoms with E-state index < -0.39 is 11.9 Å². The Balaban J connectivity index is 2.16. The standard InChI is InChI=1S/C12H10N2O4/c1-7-2-3-9(18-7)11(15)14-10-6-8(12(16)17)4-5-13-10/h2-6H,1H3,(H,16,17)(H,13,14,15). The van der Waals surface area contributed by atoms with Gasteiger partial charge in [-0.3, -0.25) is 4.79 Å². The van der Waals surface area contributed by atoms with Crippen LogP contribution in [-0.2, 0) is 0 Å². The van der Waals surface area contributed by atoms with Crippen molar-refractivity contribution in [3.63, 3.8) is 0 Å². The minimum Gasteiger partial charge on any atom is -0.478 e. The number of carbonyl (C=O) groups is 2. The van der Waals surface area contributed by atoms with Gasteiger partial charge in [0.05, 0.1) is 5.56 Å². The van der Waals surface area contributed by atoms with E-state index in [0.29, 0.717) is 5.76 Å². The molecule has 0 saturated heterocycles. The molecule has 0 radical (unpaired) electrons. The SMILES string of the molecule is Cc1ccc(C(=O)Nc2cc(C(=O)O)ccn2)o1. The third kappa shape index (κ3) is 2.54. The van der Waals surface area contributed by atoms with Crippen molar-refractivity contribution < 1.29 is 19.1 Å². The molecule has 0 aliphatic rings. The summed E-state index contributed by atoms with van der Waals surface area (Å²) in [5.41, 5.74) is 0.0518. The molecule has 6 heteroatoms. The van der Waals surface area contributed by atoms with Gasteiger partial charge in [0.15, 0.2) is 5.76 Å². The highest BCUT2D eigenvalue weighted by molar-refractivity contribution is 6.02. The topological polar surface area (TPSA) is 92.4 Å². The van der Waals surface area contributed by atoms with Crippen LogP contribution in [0.15, 0.2) is 34.9 Å². The molecule has 0 aliphatic heterocycles. The molecule has 92 valence electrons. The number of nitrogens with zero attached hydrogens (tertiary/aromatic N) is 1. The van der Waals surface area contributed by atoms with Gasteiger partial charge in [-0.2, -0.15) is 0 Å². The van der Waals surface area contributed by atoms with Crippen LogP contribution >= 0.6 is 0 Å². The smallest absolute Gasteiger partial charge is 0.335 e. The summed E-state index contributed by atoms with van der Waals surface area (Å²) in [5.74, 6) is -0.628. The second-order valence-corrected chi connectivity index (χ2v) is 3.60. The number of carbonyl (C=O) groups excluding carboxylic acids is 1. The molecule has 0 aromatic carbocycles. The lowest BCUT2D eigenvalue weighted by atomic mass is 10.2. The number of hydrogen-bond donors (Lipinski definition) is 2. The summed E-state index contributed by atoms with van der Waals surface area (Å²) < 4.78 is 5.14. The summed E-state index contributed by atoms with van der Waals surface area (Å²) in [7, 11) is 0. The monoisotopic (exact) mass is 246 g/mol. The Morgan fingerprint density at radius 1 is 1.33 bits per heavy atom. The number of pyridine rings is 1. The molecule has 0 fully saturated rings. The van der Waals surface area contributed by atoms with Gasteiger partial charge in [-0.05, 0) is 31.2 Å². The fraction of sp³-hybridized carbons (Fsp3) is 0.0833. The predicted octanol–water partition coefficient (Wildman–Crippen LogP) is 1.93. The van der Waals surface area contributed by atoms with E-state index >= 15 is 0 Å². The lowest BCUT2D eigenvalue weighted by molar-refractivity contribution is 0.0696. The zero-order chi connectivity index (χ0) is 13.1. The van der Waals surface area contributed by atoms with Crippen LogP contribution in [0.4, 0.5) is 5.82 Å². The van der Waals surface area contributed by atoms with Crippen LogP contribution in [0.1, 0.15) is 26.7 Å². The van der Waals surface area contributed by atoms with E-state index in [2.05, 4.69) is 10.3 Å². The average molecular weight is 246 g/mol. The molecule has 0 unspecified atom stereocenters. The molecule has 2 heterocycles. The summed E-state index contributed by atoms with van der Waals surface area (Å²) in [5, 5.41) is 11.3. The third-order valence-electron chi connectivity index (χ3n) is 2.21. The number of nitrogens with one attached hydrogen (secondary N) is 1. The van der Waals surface area contributed by atoms with E-state index in [1.807, 2.05) is 0 Å². The number of furan rings is 1. The van der Waals surface area contributed by atoms with Crippen LogP contribution in [0, 0.1) is 6.92 Å². The number of hydrogen-bond acceptors (Lipinski definition) is 4. The number of aromatic carboxylic acids is 1. The number of rotatable bonds is 3. The molecule has 18 heavy (non-hydrogen) atoms. The zero-order valence-corrected chi connectivity index (χ0v) is 9.51. The first-order valence-corrected chi connectivity index (χ1v) is 5.13. The molecular weight excluding hydrogens is 236 g/mol. The van der Waals surface area contributed by atoms with Crippen LogP contribution in [0.25, 0.3) is 0 Å². The molecule has 2 rings (SSSR count). The quantitative estimate of drug-likeness (QED) is 0.863. The van der Waals surface area contributed by atoms with Gasteiger partial charge in [-0.15, -0.1) is 0 Å². The highest BCUT2D eigenvalue weighted by Crippen LogP contribution is 2.11. The van der Waals surface area contributed by atoms with E-state index in [-0.39, 0.29) is 17.1 Å². The van der Waals surface area contributed by atoms with Crippen molar-refractivity contribution in [2.24, 2.45) is 0 Å². The molecule has 2 aromatic heterocycles. The summed E-state index contributed by atoms with van der Waals surface area (Å²) in [4.78, 5) is 26.3. The van der Waals surface area contributed by atoms with Gasteiger partial charge in [0, 0.05) is 6.20 Å². The van der Waals surface area contributed by atoms with Crippen molar-refractivity contribution in [2.75, 3.05) is 5.32 Å². The summed E-state index contributed by atoms with van der Waals surface area (Å²) in [6.45, 7) is 1.72. The van der Waals surface area contributed by atoms with Crippen LogP contribution in [0.5, 0.6) is 0 Å². The Labute approximate surface area is 102 Å². The Morgan fingerprint density at radius 3 is 2.72 bits per heavy atom. The highest BCUT2D eigenvalue weighted by Gasteiger charge is 2.12. The number of aromatic nitrogens is 1. The largest absolute Gasteiger partial charge is 0.478 e. The second kappa shape index (κ2) is 4.70. The summed E-state index contributed by atoms with van der Waals surface area (Å²) in [6.07, 6.45) is 1.31. The molecule has 1 amide bonds. The Kier molecular flexibility index (Phi) is 3.09. The molecule has 0 bridgehead atoms. The van der Waals surface area contributed by atoms with Gasteiger partial charge in [0.25, 0.3) is 5.91 Å². The third-order valence-corrected chi connectivity index (χ3v) is 2.21. The van der Waals surface area contributed by atoms with Crippen molar-refractivity contribution in [2.45, 2.75) is 6.92 Å². The van der Waals surface area contributed by atoms with Gasteiger partial charge in [-0.1, -0.05) is 0 Å². The fourth-order valence-corrected chi connectivity index (χ4v) is 1.37. The van der Waals surface area contributed by atoms with Gasteiger partial charge in [0.1, 0.15) is 11.6 Å². The van der Waals surface area contributed by atoms with Crippen molar-refractivity contribution in [3.8, 4) is 0 Å². The highest BCUT2D eigenvalue weighted by atomic mass is 16.4. The Morgan fingerprint density at radius 2 is 2.11 bits per heavy atom. The Bertz CT molecular complexity index is 604. The first kappa shape index (κ1) is 11.8. The maximum atomic E-state index is 11.7. The Hall–Kier alpha value is -2.63. The number of amides is 1. The van der Waals surface area contributed by atoms with E-state index in [1.165, 1.54) is 24.4 Å². The minimum atomic E-state index is -1.08. The number of carboxylic acids is 1. The van der Waals surface area contributed by atoms with Crippen LogP contribution in [0.2, 0.25) is 0 Å². The van der Waals surface area contributed by atoms with Crippen molar-refractivity contribution in [3.05, 3.63) is 47.5 Å². The van der Waals surface area contributed by atoms with Crippen LogP contribution < -0.4 is 5.32 Å². The number of aryl methyl sites for hydroxylation is 1. The lowest BCUT2D eigenvalue weighted by Gasteiger charge is -2.02. The molecule has 0 aliphatic carbocycles. The molecule has 2 aromatic rings. The van der Waals surface area contributed by atoms with E-state index in [0.717, 1.165) is 0 Å². The first-order valence-electron chi connectivity index (χ1n) is 5.13. The number of anilines is 1. The summed E-state index contributed by atoms with van der Waals surface area (Å²) >= 11 is 0. The fourth-order valence-electron chi connectivity index (χ4n) is 1.37. The van der Waals surface area contributed by atoms with Gasteiger partial charge >= 0.3 is 5.97 Å². The first-order chi connectivity index (χ1) is 8.56.